The fraction of sp³-hybridized carbons (Fsp3) is 0.385. The van der Waals surface area contributed by atoms with E-state index in [0.717, 1.165) is 0 Å². The van der Waals surface area contributed by atoms with Gasteiger partial charge in [-0.15, -0.1) is 0 Å². The van der Waals surface area contributed by atoms with Crippen LogP contribution in [-0.4, -0.2) is 24.0 Å². The van der Waals surface area contributed by atoms with Gasteiger partial charge in [-0.2, -0.15) is 0 Å². The largest absolute Gasteiger partial charge is 0.459 e. The summed E-state index contributed by atoms with van der Waals surface area (Å²) in [6.45, 7) is 5.28. The molecule has 0 saturated carbocycles. The number of halogens is 1. The smallest absolute Gasteiger partial charge is 0.325 e. The number of hydrogen-bond donors (Lipinski definition) is 2. The van der Waals surface area contributed by atoms with Crippen LogP contribution in [0.25, 0.3) is 0 Å². The second kappa shape index (κ2) is 5.93. The molecule has 1 amide bonds. The maximum absolute atomic E-state index is 11.6. The summed E-state index contributed by atoms with van der Waals surface area (Å²) in [5, 5.41) is 3.21. The van der Waals surface area contributed by atoms with E-state index in [9.17, 15) is 9.59 Å². The van der Waals surface area contributed by atoms with E-state index in [4.69, 9.17) is 22.1 Å². The Labute approximate surface area is 117 Å². The van der Waals surface area contributed by atoms with Crippen molar-refractivity contribution in [2.75, 3.05) is 11.9 Å². The summed E-state index contributed by atoms with van der Waals surface area (Å²) in [5.74, 6) is -1.04. The van der Waals surface area contributed by atoms with Gasteiger partial charge in [-0.25, -0.2) is 0 Å². The van der Waals surface area contributed by atoms with Gasteiger partial charge in [0.25, 0.3) is 5.91 Å². The number of primary amides is 1. The molecule has 0 aromatic heterocycles. The molecule has 104 valence electrons. The maximum atomic E-state index is 11.6. The highest BCUT2D eigenvalue weighted by Crippen LogP contribution is 2.20. The molecule has 0 aliphatic rings. The van der Waals surface area contributed by atoms with Crippen LogP contribution < -0.4 is 11.1 Å². The third kappa shape index (κ3) is 5.18. The van der Waals surface area contributed by atoms with Gasteiger partial charge in [-0.1, -0.05) is 11.6 Å². The lowest BCUT2D eigenvalue weighted by atomic mass is 10.1. The molecule has 0 bridgehead atoms. The average Bonchev–Trinajstić information content (AvgIpc) is 2.24. The van der Waals surface area contributed by atoms with E-state index in [-0.39, 0.29) is 12.1 Å². The Morgan fingerprint density at radius 2 is 2.00 bits per heavy atom. The lowest BCUT2D eigenvalue weighted by Crippen LogP contribution is -2.28. The third-order valence-corrected chi connectivity index (χ3v) is 2.33. The summed E-state index contributed by atoms with van der Waals surface area (Å²) in [6.07, 6.45) is 0. The molecule has 0 spiro atoms. The van der Waals surface area contributed by atoms with E-state index >= 15 is 0 Å². The second-order valence-corrected chi connectivity index (χ2v) is 5.43. The number of esters is 1. The van der Waals surface area contributed by atoms with Gasteiger partial charge in [0.15, 0.2) is 0 Å². The van der Waals surface area contributed by atoms with E-state index in [1.807, 2.05) is 0 Å². The second-order valence-electron chi connectivity index (χ2n) is 4.99. The van der Waals surface area contributed by atoms with Crippen LogP contribution in [0.1, 0.15) is 31.1 Å². The van der Waals surface area contributed by atoms with Crippen LogP contribution >= 0.6 is 11.6 Å². The molecule has 0 fully saturated rings. The molecule has 0 atom stereocenters. The Bertz CT molecular complexity index is 495. The van der Waals surface area contributed by atoms with Gasteiger partial charge in [0.1, 0.15) is 12.1 Å². The summed E-state index contributed by atoms with van der Waals surface area (Å²) in [4.78, 5) is 22.8. The van der Waals surface area contributed by atoms with Crippen molar-refractivity contribution in [1.82, 2.24) is 0 Å². The third-order valence-electron chi connectivity index (χ3n) is 2.09. The van der Waals surface area contributed by atoms with E-state index in [2.05, 4.69) is 5.32 Å². The van der Waals surface area contributed by atoms with Crippen molar-refractivity contribution in [3.05, 3.63) is 28.8 Å². The Kier molecular flexibility index (Phi) is 4.78. The van der Waals surface area contributed by atoms with Crippen molar-refractivity contribution in [1.29, 1.82) is 0 Å². The number of ether oxygens (including phenoxy) is 1. The van der Waals surface area contributed by atoms with Crippen LogP contribution in [0, 0.1) is 0 Å². The zero-order chi connectivity index (χ0) is 14.6. The van der Waals surface area contributed by atoms with Crippen molar-refractivity contribution in [2.24, 2.45) is 5.73 Å². The van der Waals surface area contributed by atoms with Crippen molar-refractivity contribution in [3.63, 3.8) is 0 Å². The first kappa shape index (κ1) is 15.3. The zero-order valence-electron chi connectivity index (χ0n) is 11.1. The average molecular weight is 285 g/mol. The van der Waals surface area contributed by atoms with Crippen molar-refractivity contribution in [2.45, 2.75) is 26.4 Å². The molecule has 6 heteroatoms. The molecule has 1 rings (SSSR count). The molecule has 19 heavy (non-hydrogen) atoms. The first-order valence-electron chi connectivity index (χ1n) is 5.74. The molecule has 3 N–H and O–H groups in total. The van der Waals surface area contributed by atoms with Gasteiger partial charge in [0.05, 0.1) is 5.56 Å². The number of amides is 1. The fourth-order valence-electron chi connectivity index (χ4n) is 1.42. The number of benzene rings is 1. The van der Waals surface area contributed by atoms with Gasteiger partial charge >= 0.3 is 5.97 Å². The molecule has 5 nitrogen and oxygen atoms in total. The number of rotatable bonds is 4. The first-order valence-corrected chi connectivity index (χ1v) is 6.12. The standard InChI is InChI=1S/C13H17ClN2O3/c1-13(2,3)19-11(17)7-16-10-5-4-8(14)6-9(10)12(15)18/h4-6,16H,7H2,1-3H3,(H2,15,18). The Balaban J connectivity index is 2.73. The predicted octanol–water partition coefficient (Wildman–Crippen LogP) is 2.19. The number of nitrogens with two attached hydrogens (primary N) is 1. The van der Waals surface area contributed by atoms with Gasteiger partial charge in [-0.3, -0.25) is 9.59 Å². The molecule has 0 unspecified atom stereocenters. The van der Waals surface area contributed by atoms with E-state index in [1.165, 1.54) is 6.07 Å². The van der Waals surface area contributed by atoms with Gasteiger partial charge < -0.3 is 15.8 Å². The van der Waals surface area contributed by atoms with Crippen molar-refractivity contribution in [3.8, 4) is 0 Å². The highest BCUT2D eigenvalue weighted by atomic mass is 35.5. The molecular formula is C13H17ClN2O3. The highest BCUT2D eigenvalue weighted by Gasteiger charge is 2.16. The lowest BCUT2D eigenvalue weighted by Gasteiger charge is -2.20. The number of anilines is 1. The minimum absolute atomic E-state index is 0.0564. The quantitative estimate of drug-likeness (QED) is 0.831. The maximum Gasteiger partial charge on any atom is 0.325 e. The SMILES string of the molecule is CC(C)(C)OC(=O)CNc1ccc(Cl)cc1C(N)=O. The Morgan fingerprint density at radius 1 is 1.37 bits per heavy atom. The van der Waals surface area contributed by atoms with E-state index in [1.54, 1.807) is 32.9 Å². The van der Waals surface area contributed by atoms with Crippen LogP contribution in [0.5, 0.6) is 0 Å². The molecule has 0 aliphatic heterocycles. The molecule has 1 aromatic rings. The topological polar surface area (TPSA) is 81.4 Å². The van der Waals surface area contributed by atoms with Crippen LogP contribution in [0.4, 0.5) is 5.69 Å². The molecule has 0 radical (unpaired) electrons. The summed E-state index contributed by atoms with van der Waals surface area (Å²) in [5.41, 5.74) is 5.37. The fourth-order valence-corrected chi connectivity index (χ4v) is 1.59. The van der Waals surface area contributed by atoms with Crippen molar-refractivity contribution >= 4 is 29.2 Å². The summed E-state index contributed by atoms with van der Waals surface area (Å²) >= 11 is 5.78. The summed E-state index contributed by atoms with van der Waals surface area (Å²) in [6, 6.07) is 4.64. The summed E-state index contributed by atoms with van der Waals surface area (Å²) < 4.78 is 5.14. The number of nitrogens with one attached hydrogen (secondary N) is 1. The molecular weight excluding hydrogens is 268 g/mol. The summed E-state index contributed by atoms with van der Waals surface area (Å²) in [7, 11) is 0. The van der Waals surface area contributed by atoms with E-state index in [0.29, 0.717) is 10.7 Å². The minimum Gasteiger partial charge on any atom is -0.459 e. The zero-order valence-corrected chi connectivity index (χ0v) is 11.9. The van der Waals surface area contributed by atoms with Gasteiger partial charge in [-0.05, 0) is 39.0 Å². The lowest BCUT2D eigenvalue weighted by molar-refractivity contribution is -0.152. The number of carbonyl (C=O) groups is 2. The van der Waals surface area contributed by atoms with Crippen LogP contribution in [-0.2, 0) is 9.53 Å². The molecule has 0 aliphatic carbocycles. The predicted molar refractivity (Wildman–Crippen MR) is 74.3 cm³/mol. The van der Waals surface area contributed by atoms with Gasteiger partial charge in [0.2, 0.25) is 0 Å². The van der Waals surface area contributed by atoms with Crippen LogP contribution in [0.2, 0.25) is 5.02 Å². The monoisotopic (exact) mass is 284 g/mol. The molecule has 1 aromatic carbocycles. The highest BCUT2D eigenvalue weighted by molar-refractivity contribution is 6.31. The van der Waals surface area contributed by atoms with Crippen molar-refractivity contribution < 1.29 is 14.3 Å². The minimum atomic E-state index is -0.616. The van der Waals surface area contributed by atoms with Gasteiger partial charge in [0, 0.05) is 10.7 Å². The number of hydrogen-bond acceptors (Lipinski definition) is 4. The Morgan fingerprint density at radius 3 is 2.53 bits per heavy atom. The normalized spacial score (nSPS) is 10.9. The van der Waals surface area contributed by atoms with Crippen LogP contribution in [0.3, 0.4) is 0 Å². The molecule has 0 heterocycles. The van der Waals surface area contributed by atoms with E-state index < -0.39 is 17.5 Å². The van der Waals surface area contributed by atoms with Crippen LogP contribution in [0.15, 0.2) is 18.2 Å². The number of carbonyl (C=O) groups excluding carboxylic acids is 2. The first-order chi connectivity index (χ1) is 8.69. The Hall–Kier alpha value is -1.75. The molecule has 0 saturated heterocycles.